The van der Waals surface area contributed by atoms with E-state index in [1.165, 1.54) is 18.0 Å². The Hall–Kier alpha value is -2.42. The fourth-order valence-corrected chi connectivity index (χ4v) is 7.23. The number of thioether (sulfide) groups is 1. The minimum atomic E-state index is -1.84. The number of aromatic nitrogens is 2. The van der Waals surface area contributed by atoms with Crippen molar-refractivity contribution < 1.29 is 14.9 Å². The molecule has 8 heteroatoms. The molecule has 1 aliphatic heterocycles. The maximum Gasteiger partial charge on any atom is 0.182 e. The van der Waals surface area contributed by atoms with Crippen molar-refractivity contribution in [1.29, 1.82) is 0 Å². The molecule has 0 spiro atoms. The molecule has 0 amide bonds. The lowest BCUT2D eigenvalue weighted by molar-refractivity contribution is -0.150. The van der Waals surface area contributed by atoms with Crippen molar-refractivity contribution in [3.05, 3.63) is 118 Å². The molecule has 0 radical (unpaired) electrons. The van der Waals surface area contributed by atoms with E-state index in [4.69, 9.17) is 16.3 Å². The normalized spacial score (nSPS) is 28.9. The highest BCUT2D eigenvalue weighted by molar-refractivity contribution is 9.10. The predicted octanol–water partition coefficient (Wildman–Crippen LogP) is 5.69. The Labute approximate surface area is 220 Å². The zero-order valence-electron chi connectivity index (χ0n) is 18.3. The molecule has 5 atom stereocenters. The minimum Gasteiger partial charge on any atom is -0.476 e. The molecule has 0 saturated heterocycles. The molecule has 2 aliphatic rings. The maximum atomic E-state index is 12.6. The molecule has 6 rings (SSSR count). The Morgan fingerprint density at radius 3 is 2.43 bits per heavy atom. The van der Waals surface area contributed by atoms with Gasteiger partial charge in [0.15, 0.2) is 11.2 Å². The zero-order valence-corrected chi connectivity index (χ0v) is 21.4. The van der Waals surface area contributed by atoms with Gasteiger partial charge in [-0.1, -0.05) is 87.8 Å². The molecule has 0 bridgehead atoms. The Bertz CT molecular complexity index is 1380. The van der Waals surface area contributed by atoms with Crippen LogP contribution in [0.15, 0.2) is 101 Å². The van der Waals surface area contributed by atoms with Crippen molar-refractivity contribution in [2.75, 3.05) is 0 Å². The number of fused-ring (bicyclic) bond motifs is 3. The molecule has 1 aliphatic carbocycles. The highest BCUT2D eigenvalue weighted by Crippen LogP contribution is 2.68. The number of aliphatic hydroxyl groups excluding tert-OH is 1. The summed E-state index contributed by atoms with van der Waals surface area (Å²) in [6.45, 7) is 0. The van der Waals surface area contributed by atoms with Gasteiger partial charge in [0.1, 0.15) is 17.5 Å². The molecule has 5 nitrogen and oxygen atoms in total. The number of pyridine rings is 2. The summed E-state index contributed by atoms with van der Waals surface area (Å²) in [4.78, 5) is 8.95. The van der Waals surface area contributed by atoms with Crippen LogP contribution >= 0.6 is 39.3 Å². The summed E-state index contributed by atoms with van der Waals surface area (Å²) in [5, 5.41) is 25.2. The van der Waals surface area contributed by atoms with Gasteiger partial charge in [0.05, 0.1) is 15.3 Å². The molecule has 2 aromatic carbocycles. The van der Waals surface area contributed by atoms with Crippen molar-refractivity contribution in [3.63, 3.8) is 0 Å². The van der Waals surface area contributed by atoms with E-state index in [1.807, 2.05) is 72.8 Å². The van der Waals surface area contributed by atoms with E-state index in [2.05, 4.69) is 25.9 Å². The van der Waals surface area contributed by atoms with Gasteiger partial charge in [-0.25, -0.2) is 4.98 Å². The first-order valence-electron chi connectivity index (χ1n) is 11.1. The summed E-state index contributed by atoms with van der Waals surface area (Å²) >= 11 is 11.2. The van der Waals surface area contributed by atoms with E-state index in [0.717, 1.165) is 20.6 Å². The van der Waals surface area contributed by atoms with Crippen LogP contribution in [0, 0.1) is 0 Å². The number of aliphatic hydroxyl groups is 2. The van der Waals surface area contributed by atoms with E-state index in [9.17, 15) is 10.2 Å². The van der Waals surface area contributed by atoms with Gasteiger partial charge in [-0.3, -0.25) is 4.98 Å². The number of nitrogens with zero attached hydrogens (tertiary/aromatic N) is 2. The second-order valence-electron chi connectivity index (χ2n) is 8.69. The van der Waals surface area contributed by atoms with Gasteiger partial charge in [-0.05, 0) is 35.4 Å². The van der Waals surface area contributed by atoms with E-state index >= 15 is 0 Å². The minimum absolute atomic E-state index is 0.280. The van der Waals surface area contributed by atoms with Crippen LogP contribution in [0.25, 0.3) is 0 Å². The first-order valence-corrected chi connectivity index (χ1v) is 13.1. The Kier molecular flexibility index (Phi) is 5.66. The summed E-state index contributed by atoms with van der Waals surface area (Å²) in [6, 6.07) is 24.8. The molecule has 176 valence electrons. The fourth-order valence-electron chi connectivity index (χ4n) is 5.45. The third kappa shape index (κ3) is 3.37. The Balaban J connectivity index is 1.64. The topological polar surface area (TPSA) is 75.5 Å². The van der Waals surface area contributed by atoms with Crippen molar-refractivity contribution in [2.24, 2.45) is 0 Å². The van der Waals surface area contributed by atoms with Crippen LogP contribution in [0.3, 0.4) is 0 Å². The Morgan fingerprint density at radius 1 is 0.971 bits per heavy atom. The molecule has 2 aromatic heterocycles. The molecule has 1 saturated carbocycles. The smallest absolute Gasteiger partial charge is 0.182 e. The Morgan fingerprint density at radius 2 is 1.71 bits per heavy atom. The van der Waals surface area contributed by atoms with Gasteiger partial charge in [0.25, 0.3) is 0 Å². The van der Waals surface area contributed by atoms with E-state index < -0.39 is 28.5 Å². The largest absolute Gasteiger partial charge is 0.476 e. The second-order valence-corrected chi connectivity index (χ2v) is 11.2. The van der Waals surface area contributed by atoms with Crippen molar-refractivity contribution >= 4 is 39.3 Å². The number of halogens is 2. The van der Waals surface area contributed by atoms with Crippen LogP contribution in [0.5, 0.6) is 5.75 Å². The van der Waals surface area contributed by atoms with E-state index in [-0.39, 0.29) is 5.69 Å². The third-order valence-corrected chi connectivity index (χ3v) is 8.87. The first kappa shape index (κ1) is 23.0. The monoisotopic (exact) mass is 566 g/mol. The van der Waals surface area contributed by atoms with Crippen molar-refractivity contribution in [2.45, 2.75) is 33.5 Å². The summed E-state index contributed by atoms with van der Waals surface area (Å²) in [5.74, 6) is -0.0888. The SMILES string of the molecule is OC1C(Sc2ccccn2)C(c2ccccc2)C2(c3ccc(Br)cc3)Oc3cc(Cl)cnc3C12O. The second kappa shape index (κ2) is 8.61. The van der Waals surface area contributed by atoms with Crippen LogP contribution in [0.2, 0.25) is 5.02 Å². The molecular weight excluding hydrogens is 548 g/mol. The van der Waals surface area contributed by atoms with Crippen molar-refractivity contribution in [1.82, 2.24) is 9.97 Å². The van der Waals surface area contributed by atoms with Gasteiger partial charge < -0.3 is 14.9 Å². The summed E-state index contributed by atoms with van der Waals surface area (Å²) < 4.78 is 7.62. The molecule has 35 heavy (non-hydrogen) atoms. The number of hydrogen-bond acceptors (Lipinski definition) is 6. The third-order valence-electron chi connectivity index (χ3n) is 6.85. The average Bonchev–Trinajstić information content (AvgIpc) is 3.23. The van der Waals surface area contributed by atoms with E-state index in [0.29, 0.717) is 10.8 Å². The highest BCUT2D eigenvalue weighted by Gasteiger charge is 2.77. The molecular formula is C27H20BrClN2O3S. The lowest BCUT2D eigenvalue weighted by Gasteiger charge is -2.40. The van der Waals surface area contributed by atoms with Crippen LogP contribution in [0.1, 0.15) is 22.7 Å². The van der Waals surface area contributed by atoms with Crippen LogP contribution in [-0.2, 0) is 11.2 Å². The molecule has 2 N–H and O–H groups in total. The van der Waals surface area contributed by atoms with Gasteiger partial charge >= 0.3 is 0 Å². The van der Waals surface area contributed by atoms with Gasteiger partial charge in [-0.2, -0.15) is 0 Å². The standard InChI is InChI=1S/C27H20BrClN2O3S/c28-18-11-9-17(10-12-18)27-22(16-6-2-1-3-7-16)23(35-21-8-4-5-13-30-21)25(32)26(27,33)24-20(34-27)14-19(29)15-31-24/h1-15,22-23,25,32-33H. The van der Waals surface area contributed by atoms with Gasteiger partial charge in [-0.15, -0.1) is 0 Å². The molecule has 3 heterocycles. The summed E-state index contributed by atoms with van der Waals surface area (Å²) in [7, 11) is 0. The number of rotatable bonds is 4. The average molecular weight is 568 g/mol. The van der Waals surface area contributed by atoms with Crippen LogP contribution in [0.4, 0.5) is 0 Å². The predicted molar refractivity (Wildman–Crippen MR) is 139 cm³/mol. The number of ether oxygens (including phenoxy) is 1. The highest BCUT2D eigenvalue weighted by atomic mass is 79.9. The molecule has 1 fully saturated rings. The quantitative estimate of drug-likeness (QED) is 0.330. The maximum absolute atomic E-state index is 12.6. The zero-order chi connectivity index (χ0) is 24.2. The number of benzene rings is 2. The first-order chi connectivity index (χ1) is 16.9. The molecule has 4 aromatic rings. The number of hydrogen-bond donors (Lipinski definition) is 2. The van der Waals surface area contributed by atoms with Gasteiger partial charge in [0, 0.05) is 28.9 Å². The van der Waals surface area contributed by atoms with Crippen molar-refractivity contribution in [3.8, 4) is 5.75 Å². The lowest BCUT2D eigenvalue weighted by atomic mass is 9.72. The van der Waals surface area contributed by atoms with Crippen LogP contribution in [-0.4, -0.2) is 31.5 Å². The lowest BCUT2D eigenvalue weighted by Crippen LogP contribution is -2.52. The summed E-state index contributed by atoms with van der Waals surface area (Å²) in [6.07, 6.45) is 1.97. The molecule has 5 unspecified atom stereocenters. The van der Waals surface area contributed by atoms with Crippen LogP contribution < -0.4 is 4.74 Å². The fraction of sp³-hybridized carbons (Fsp3) is 0.185. The van der Waals surface area contributed by atoms with Gasteiger partial charge in [0.2, 0.25) is 0 Å². The summed E-state index contributed by atoms with van der Waals surface area (Å²) in [5.41, 5.74) is -1.26. The van der Waals surface area contributed by atoms with E-state index in [1.54, 1.807) is 12.3 Å².